The number of aliphatic carboxylic acids is 1. The molecule has 5 nitrogen and oxygen atoms in total. The lowest BCUT2D eigenvalue weighted by atomic mass is 9.88. The van der Waals surface area contributed by atoms with Gasteiger partial charge >= 0.3 is 5.97 Å². The van der Waals surface area contributed by atoms with Gasteiger partial charge in [-0.2, -0.15) is 0 Å². The summed E-state index contributed by atoms with van der Waals surface area (Å²) in [5.41, 5.74) is 0. The van der Waals surface area contributed by atoms with Crippen molar-refractivity contribution in [3.63, 3.8) is 0 Å². The van der Waals surface area contributed by atoms with Gasteiger partial charge in [-0.15, -0.1) is 0 Å². The van der Waals surface area contributed by atoms with Gasteiger partial charge in [0.2, 0.25) is 0 Å². The molecule has 1 heterocycles. The van der Waals surface area contributed by atoms with Crippen LogP contribution in [0, 0.1) is 5.92 Å². The highest BCUT2D eigenvalue weighted by atomic mass is 16.7. The number of rotatable bonds is 5. The third-order valence-electron chi connectivity index (χ3n) is 4.38. The summed E-state index contributed by atoms with van der Waals surface area (Å²) >= 11 is 0. The molecule has 2 aliphatic rings. The van der Waals surface area contributed by atoms with Gasteiger partial charge < -0.3 is 14.6 Å². The molecule has 1 spiro atoms. The van der Waals surface area contributed by atoms with E-state index < -0.39 is 5.97 Å². The van der Waals surface area contributed by atoms with Crippen molar-refractivity contribution in [3.8, 4) is 0 Å². The molecule has 1 unspecified atom stereocenters. The first-order valence-corrected chi connectivity index (χ1v) is 7.31. The molecule has 0 amide bonds. The maximum absolute atomic E-state index is 11.0. The molecule has 2 rings (SSSR count). The van der Waals surface area contributed by atoms with E-state index in [1.807, 2.05) is 0 Å². The molecule has 1 aliphatic heterocycles. The minimum absolute atomic E-state index is 0.310. The number of ether oxygens (including phenoxy) is 2. The highest BCUT2D eigenvalue weighted by Gasteiger charge is 2.41. The molecule has 0 aromatic carbocycles. The number of hydrogen-bond acceptors (Lipinski definition) is 4. The Morgan fingerprint density at radius 2 is 1.95 bits per heavy atom. The maximum atomic E-state index is 11.0. The van der Waals surface area contributed by atoms with Gasteiger partial charge in [0.25, 0.3) is 0 Å². The number of carbonyl (C=O) groups is 1. The fourth-order valence-electron chi connectivity index (χ4n) is 3.16. The van der Waals surface area contributed by atoms with Crippen molar-refractivity contribution in [1.82, 2.24) is 4.90 Å². The van der Waals surface area contributed by atoms with Crippen LogP contribution in [0.2, 0.25) is 0 Å². The standard InChI is InChI=1S/C14H25NO4/c1-3-15(10-11(2)13(16)17)12-4-6-14(7-5-12)18-8-9-19-14/h11-12H,3-10H2,1-2H3,(H,16,17). The van der Waals surface area contributed by atoms with Crippen LogP contribution in [0.3, 0.4) is 0 Å². The van der Waals surface area contributed by atoms with E-state index in [1.54, 1.807) is 6.92 Å². The number of hydrogen-bond donors (Lipinski definition) is 1. The van der Waals surface area contributed by atoms with Gasteiger partial charge in [-0.05, 0) is 19.4 Å². The highest BCUT2D eigenvalue weighted by molar-refractivity contribution is 5.69. The fourth-order valence-corrected chi connectivity index (χ4v) is 3.16. The van der Waals surface area contributed by atoms with Gasteiger partial charge in [0, 0.05) is 25.4 Å². The normalized spacial score (nSPS) is 25.0. The largest absolute Gasteiger partial charge is 0.481 e. The first-order valence-electron chi connectivity index (χ1n) is 7.31. The maximum Gasteiger partial charge on any atom is 0.307 e. The molecular formula is C14H25NO4. The van der Waals surface area contributed by atoms with Crippen LogP contribution in [0.25, 0.3) is 0 Å². The molecule has 1 atom stereocenters. The van der Waals surface area contributed by atoms with Crippen LogP contribution >= 0.6 is 0 Å². The van der Waals surface area contributed by atoms with E-state index in [0.717, 1.165) is 32.2 Å². The predicted molar refractivity (Wildman–Crippen MR) is 70.9 cm³/mol. The van der Waals surface area contributed by atoms with Gasteiger partial charge in [0.15, 0.2) is 5.79 Å². The summed E-state index contributed by atoms with van der Waals surface area (Å²) in [6.45, 7) is 6.82. The van der Waals surface area contributed by atoms with E-state index in [1.165, 1.54) is 0 Å². The van der Waals surface area contributed by atoms with E-state index in [2.05, 4.69) is 11.8 Å². The average Bonchev–Trinajstić information content (AvgIpc) is 2.85. The Bertz CT molecular complexity index is 305. The van der Waals surface area contributed by atoms with Crippen molar-refractivity contribution in [1.29, 1.82) is 0 Å². The third-order valence-corrected chi connectivity index (χ3v) is 4.38. The SMILES string of the molecule is CCN(CC(C)C(=O)O)C1CCC2(CC1)OCCO2. The van der Waals surface area contributed by atoms with Gasteiger partial charge in [-0.25, -0.2) is 0 Å². The molecule has 1 saturated carbocycles. The lowest BCUT2D eigenvalue weighted by Crippen LogP contribution is -2.46. The molecule has 0 radical (unpaired) electrons. The van der Waals surface area contributed by atoms with Crippen molar-refractivity contribution in [3.05, 3.63) is 0 Å². The molecule has 0 aromatic rings. The predicted octanol–water partition coefficient (Wildman–Crippen LogP) is 1.71. The van der Waals surface area contributed by atoms with E-state index in [9.17, 15) is 4.79 Å². The Morgan fingerprint density at radius 3 is 2.42 bits per heavy atom. The molecule has 110 valence electrons. The molecule has 2 fully saturated rings. The van der Waals surface area contributed by atoms with E-state index in [-0.39, 0.29) is 11.7 Å². The summed E-state index contributed by atoms with van der Waals surface area (Å²) in [6.07, 6.45) is 3.91. The second kappa shape index (κ2) is 6.20. The second-order valence-electron chi connectivity index (χ2n) is 5.67. The minimum Gasteiger partial charge on any atom is -0.481 e. The highest BCUT2D eigenvalue weighted by Crippen LogP contribution is 2.37. The van der Waals surface area contributed by atoms with Gasteiger partial charge in [-0.1, -0.05) is 13.8 Å². The summed E-state index contributed by atoms with van der Waals surface area (Å²) in [5, 5.41) is 9.03. The van der Waals surface area contributed by atoms with Crippen LogP contribution in [0.1, 0.15) is 39.5 Å². The molecule has 0 bridgehead atoms. The zero-order valence-electron chi connectivity index (χ0n) is 11.9. The zero-order valence-corrected chi connectivity index (χ0v) is 11.9. The Morgan fingerprint density at radius 1 is 1.37 bits per heavy atom. The molecule has 5 heteroatoms. The first-order chi connectivity index (χ1) is 9.06. The number of nitrogens with zero attached hydrogens (tertiary/aromatic N) is 1. The minimum atomic E-state index is -0.715. The Kier molecular flexibility index (Phi) is 4.81. The lowest BCUT2D eigenvalue weighted by Gasteiger charge is -2.40. The topological polar surface area (TPSA) is 59.0 Å². The van der Waals surface area contributed by atoms with Crippen LogP contribution in [0.4, 0.5) is 0 Å². The smallest absolute Gasteiger partial charge is 0.307 e. The monoisotopic (exact) mass is 271 g/mol. The van der Waals surface area contributed by atoms with Crippen LogP contribution in [0.15, 0.2) is 0 Å². The summed E-state index contributed by atoms with van der Waals surface area (Å²) in [6, 6.07) is 0.463. The molecule has 0 aromatic heterocycles. The Labute approximate surface area is 114 Å². The van der Waals surface area contributed by atoms with Crippen molar-refractivity contribution in [2.24, 2.45) is 5.92 Å². The van der Waals surface area contributed by atoms with E-state index in [0.29, 0.717) is 25.8 Å². The van der Waals surface area contributed by atoms with Gasteiger partial charge in [0.1, 0.15) is 0 Å². The first kappa shape index (κ1) is 14.8. The van der Waals surface area contributed by atoms with E-state index >= 15 is 0 Å². The number of carboxylic acids is 1. The summed E-state index contributed by atoms with van der Waals surface area (Å²) < 4.78 is 11.5. The van der Waals surface area contributed by atoms with Crippen molar-refractivity contribution in [2.75, 3.05) is 26.3 Å². The van der Waals surface area contributed by atoms with E-state index in [4.69, 9.17) is 14.6 Å². The molecule has 1 N–H and O–H groups in total. The Hall–Kier alpha value is -0.650. The molecule has 1 aliphatic carbocycles. The molecular weight excluding hydrogens is 246 g/mol. The molecule has 19 heavy (non-hydrogen) atoms. The zero-order chi connectivity index (χ0) is 13.9. The quantitative estimate of drug-likeness (QED) is 0.825. The van der Waals surface area contributed by atoms with Gasteiger partial charge in [0.05, 0.1) is 19.1 Å². The van der Waals surface area contributed by atoms with Crippen molar-refractivity contribution in [2.45, 2.75) is 51.4 Å². The third kappa shape index (κ3) is 3.46. The van der Waals surface area contributed by atoms with Crippen LogP contribution in [0.5, 0.6) is 0 Å². The second-order valence-corrected chi connectivity index (χ2v) is 5.67. The van der Waals surface area contributed by atoms with Crippen molar-refractivity contribution < 1.29 is 19.4 Å². The van der Waals surface area contributed by atoms with Crippen molar-refractivity contribution >= 4 is 5.97 Å². The average molecular weight is 271 g/mol. The van der Waals surface area contributed by atoms with Crippen LogP contribution in [-0.4, -0.2) is 54.1 Å². The van der Waals surface area contributed by atoms with Crippen LogP contribution < -0.4 is 0 Å². The van der Waals surface area contributed by atoms with Gasteiger partial charge in [-0.3, -0.25) is 9.69 Å². The lowest BCUT2D eigenvalue weighted by molar-refractivity contribution is -0.184. The fraction of sp³-hybridized carbons (Fsp3) is 0.929. The summed E-state index contributed by atoms with van der Waals surface area (Å²) in [4.78, 5) is 13.3. The summed E-state index contributed by atoms with van der Waals surface area (Å²) in [5.74, 6) is -1.35. The summed E-state index contributed by atoms with van der Waals surface area (Å²) in [7, 11) is 0. The van der Waals surface area contributed by atoms with Crippen LogP contribution in [-0.2, 0) is 14.3 Å². The Balaban J connectivity index is 1.86. The number of carboxylic acid groups (broad SMARTS) is 1. The molecule has 1 saturated heterocycles.